The van der Waals surface area contributed by atoms with E-state index in [4.69, 9.17) is 19.0 Å². The van der Waals surface area contributed by atoms with Crippen molar-refractivity contribution >= 4 is 81.5 Å². The number of halogens is 1. The van der Waals surface area contributed by atoms with Crippen LogP contribution in [0.1, 0.15) is 42.2 Å². The second kappa shape index (κ2) is 20.1. The number of para-hydroxylation sites is 6. The lowest BCUT2D eigenvalue weighted by Crippen LogP contribution is -2.38. The van der Waals surface area contributed by atoms with E-state index in [1.54, 1.807) is 0 Å². The molecule has 15 aromatic rings. The normalized spacial score (nSPS) is 15.8. The number of fused-ring (bicyclic) bond motifs is 17. The third-order valence-electron chi connectivity index (χ3n) is 16.9. The van der Waals surface area contributed by atoms with Crippen molar-refractivity contribution in [3.05, 3.63) is 286 Å². The highest BCUT2D eigenvalue weighted by atomic mass is 79.9. The van der Waals surface area contributed by atoms with Crippen molar-refractivity contribution in [2.45, 2.75) is 31.0 Å². The van der Waals surface area contributed by atoms with E-state index >= 15 is 0 Å². The smallest absolute Gasteiger partial charge is 0.200 e. The number of benzene rings is 10. The van der Waals surface area contributed by atoms with Crippen LogP contribution in [0.2, 0.25) is 0 Å². The topological polar surface area (TPSA) is 94.2 Å². The molecule has 84 heavy (non-hydrogen) atoms. The van der Waals surface area contributed by atoms with Gasteiger partial charge in [-0.2, -0.15) is 10.2 Å². The maximum absolute atomic E-state index is 12.8. The molecule has 0 bridgehead atoms. The van der Waals surface area contributed by atoms with E-state index in [-0.39, 0.29) is 11.7 Å². The molecule has 0 N–H and O–H groups in total. The zero-order valence-corrected chi connectivity index (χ0v) is 46.9. The number of hydrogen-bond donors (Lipinski definition) is 0. The number of ether oxygens (including phenoxy) is 2. The number of hydrogen-bond acceptors (Lipinski definition) is 6. The summed E-state index contributed by atoms with van der Waals surface area (Å²) in [5, 5.41) is 15.4. The minimum absolute atomic E-state index is 0.00521. The molecule has 404 valence electrons. The molecule has 0 aliphatic carbocycles. The predicted molar refractivity (Wildman–Crippen MR) is 339 cm³/mol. The number of nitrogens with zero attached hydrogens (tertiary/aromatic N) is 6. The van der Waals surface area contributed by atoms with Crippen molar-refractivity contribution in [3.8, 4) is 45.4 Å². The van der Waals surface area contributed by atoms with Gasteiger partial charge in [0, 0.05) is 90.8 Å². The van der Waals surface area contributed by atoms with Crippen LogP contribution < -0.4 is 10.2 Å². The summed E-state index contributed by atoms with van der Waals surface area (Å²) < 4.78 is 28.4. The second-order valence-electron chi connectivity index (χ2n) is 21.5. The first-order valence-corrected chi connectivity index (χ1v) is 29.2. The van der Waals surface area contributed by atoms with Crippen LogP contribution >= 0.6 is 15.9 Å². The van der Waals surface area contributed by atoms with Crippen molar-refractivity contribution in [1.82, 2.24) is 28.7 Å². The van der Waals surface area contributed by atoms with Crippen LogP contribution in [-0.2, 0) is 10.3 Å². The fourth-order valence-electron chi connectivity index (χ4n) is 13.3. The molecule has 3 aliphatic rings. The van der Waals surface area contributed by atoms with Crippen LogP contribution in [0.25, 0.3) is 99.4 Å². The molecular weight excluding hydrogens is 1100 g/mol. The van der Waals surface area contributed by atoms with Gasteiger partial charge in [-0.05, 0) is 104 Å². The quantitative estimate of drug-likeness (QED) is 0.163. The predicted octanol–water partition coefficient (Wildman–Crippen LogP) is 18.0. The molecule has 0 radical (unpaired) electrons. The van der Waals surface area contributed by atoms with Crippen LogP contribution in [-0.4, -0.2) is 35.3 Å². The van der Waals surface area contributed by atoms with Gasteiger partial charge in [0.1, 0.15) is 28.2 Å². The third-order valence-corrected chi connectivity index (χ3v) is 17.6. The van der Waals surface area contributed by atoms with Crippen molar-refractivity contribution in [2.24, 2.45) is 0 Å². The van der Waals surface area contributed by atoms with Gasteiger partial charge in [0.05, 0.1) is 44.2 Å². The Bertz CT molecular complexity index is 5030. The molecule has 3 aliphatic heterocycles. The van der Waals surface area contributed by atoms with Gasteiger partial charge in [0.15, 0.2) is 6.23 Å². The standard InChI is InChI=1S/C34H21N3O.C25H15NO2.C14H15BrN2O/c1-4-12-26-25(11-1)31-19-20-35-37(31)34(26)27-13-5-8-16-32(27)38-33-21-22(17-18-28(33)34)36-29-14-6-2-9-23(29)24-10-3-7-15-30(24)36;27-25-19-9-3-6-12-23(19)28-24-15-16(13-14-20(24)25)26-21-10-4-1-7-17(21)18-8-2-5-11-22(18)26;15-12-6-2-1-5-11(12)13-8-9-16-17(13)14-7-3-4-10-18-14/h1-21H;1-15H;1-2,5-6,8-9,14H,3-4,7,10H2. The van der Waals surface area contributed by atoms with Crippen molar-refractivity contribution in [1.29, 1.82) is 0 Å². The lowest BCUT2D eigenvalue weighted by atomic mass is 9.75. The van der Waals surface area contributed by atoms with E-state index in [1.165, 1.54) is 50.1 Å². The third kappa shape index (κ3) is 7.76. The molecule has 10 nitrogen and oxygen atoms in total. The maximum atomic E-state index is 12.8. The van der Waals surface area contributed by atoms with Gasteiger partial charge in [-0.15, -0.1) is 0 Å². The minimum atomic E-state index is -0.598. The highest BCUT2D eigenvalue weighted by Gasteiger charge is 2.52. The lowest BCUT2D eigenvalue weighted by molar-refractivity contribution is -0.0383. The Morgan fingerprint density at radius 1 is 0.452 bits per heavy atom. The van der Waals surface area contributed by atoms with Crippen LogP contribution in [0.5, 0.6) is 11.5 Å². The van der Waals surface area contributed by atoms with E-state index in [2.05, 4.69) is 199 Å². The average Bonchev–Trinajstić information content (AvgIpc) is 1.53. The van der Waals surface area contributed by atoms with E-state index in [0.717, 1.165) is 85.9 Å². The minimum Gasteiger partial charge on any atom is -0.456 e. The van der Waals surface area contributed by atoms with Gasteiger partial charge in [0.25, 0.3) is 0 Å². The van der Waals surface area contributed by atoms with Crippen molar-refractivity contribution in [2.75, 3.05) is 6.61 Å². The SMILES string of the molecule is Brc1ccccc1-c1ccnn1C1CCCCO1.O=c1c2ccccc2oc2cc(-n3c4ccccc4c4ccccc43)ccc12.c1ccc2c(c1)Oc1cc(-n3c4ccccc4c4ccccc43)ccc1C21c2ccccc2-c2ccnn21. The van der Waals surface area contributed by atoms with Gasteiger partial charge in [-0.3, -0.25) is 4.79 Å². The molecule has 8 heterocycles. The molecule has 1 saturated heterocycles. The van der Waals surface area contributed by atoms with Gasteiger partial charge in [0.2, 0.25) is 5.43 Å². The van der Waals surface area contributed by atoms with Crippen LogP contribution in [0.4, 0.5) is 0 Å². The molecule has 0 saturated carbocycles. The summed E-state index contributed by atoms with van der Waals surface area (Å²) in [6, 6.07) is 83.2. The Labute approximate surface area is 490 Å². The van der Waals surface area contributed by atoms with E-state index in [0.29, 0.717) is 21.9 Å². The molecule has 5 aromatic heterocycles. The molecule has 10 aromatic carbocycles. The van der Waals surface area contributed by atoms with Crippen LogP contribution in [0.3, 0.4) is 0 Å². The Morgan fingerprint density at radius 3 is 1.67 bits per heavy atom. The lowest BCUT2D eigenvalue weighted by Gasteiger charge is -2.39. The summed E-state index contributed by atoms with van der Waals surface area (Å²) in [6.45, 7) is 0.833. The monoisotopic (exact) mass is 1150 g/mol. The molecule has 18 rings (SSSR count). The number of aromatic nitrogens is 6. The zero-order chi connectivity index (χ0) is 55.9. The van der Waals surface area contributed by atoms with Crippen LogP contribution in [0, 0.1) is 0 Å². The van der Waals surface area contributed by atoms with Gasteiger partial charge >= 0.3 is 0 Å². The Hall–Kier alpha value is -10.1. The maximum Gasteiger partial charge on any atom is 0.200 e. The summed E-state index contributed by atoms with van der Waals surface area (Å²) in [5.41, 5.74) is 15.3. The highest BCUT2D eigenvalue weighted by molar-refractivity contribution is 9.10. The molecule has 0 amide bonds. The molecule has 11 heteroatoms. The summed E-state index contributed by atoms with van der Waals surface area (Å²) in [6.07, 6.45) is 7.22. The van der Waals surface area contributed by atoms with Gasteiger partial charge in [-0.1, -0.05) is 168 Å². The summed E-state index contributed by atoms with van der Waals surface area (Å²) in [4.78, 5) is 12.8. The van der Waals surface area contributed by atoms with E-state index in [9.17, 15) is 4.79 Å². The first-order chi connectivity index (χ1) is 41.5. The molecule has 2 atom stereocenters. The second-order valence-corrected chi connectivity index (χ2v) is 22.3. The summed E-state index contributed by atoms with van der Waals surface area (Å²) in [5.74, 6) is 1.71. The number of rotatable bonds is 4. The Balaban J connectivity index is 0.000000110. The van der Waals surface area contributed by atoms with Gasteiger partial charge in [-0.25, -0.2) is 9.36 Å². The summed E-state index contributed by atoms with van der Waals surface area (Å²) in [7, 11) is 0. The Kier molecular flexibility index (Phi) is 11.9. The van der Waals surface area contributed by atoms with Crippen LogP contribution in [0.15, 0.2) is 269 Å². The first-order valence-electron chi connectivity index (χ1n) is 28.4. The molecule has 1 fully saturated rings. The summed E-state index contributed by atoms with van der Waals surface area (Å²) >= 11 is 3.59. The molecule has 2 unspecified atom stereocenters. The van der Waals surface area contributed by atoms with Crippen molar-refractivity contribution < 1.29 is 13.9 Å². The molecule has 1 spiro atoms. The fraction of sp³-hybridized carbons (Fsp3) is 0.0822. The van der Waals surface area contributed by atoms with Gasteiger partial charge < -0.3 is 23.0 Å². The molecular formula is C73H51BrN6O4. The van der Waals surface area contributed by atoms with E-state index < -0.39 is 5.54 Å². The average molecular weight is 1160 g/mol. The largest absolute Gasteiger partial charge is 0.456 e. The highest BCUT2D eigenvalue weighted by Crippen LogP contribution is 2.58. The first kappa shape index (κ1) is 49.7. The fourth-order valence-corrected chi connectivity index (χ4v) is 13.7. The van der Waals surface area contributed by atoms with Crippen molar-refractivity contribution in [3.63, 3.8) is 0 Å². The zero-order valence-electron chi connectivity index (χ0n) is 45.3. The van der Waals surface area contributed by atoms with E-state index in [1.807, 2.05) is 95.9 Å². The Morgan fingerprint density at radius 2 is 0.988 bits per heavy atom.